The van der Waals surface area contributed by atoms with Gasteiger partial charge in [-0.1, -0.05) is 31.4 Å². The van der Waals surface area contributed by atoms with Crippen LogP contribution in [-0.2, 0) is 0 Å². The molecule has 0 amide bonds. The van der Waals surface area contributed by atoms with Gasteiger partial charge in [0.1, 0.15) is 0 Å². The smallest absolute Gasteiger partial charge is 0.0718 e. The minimum absolute atomic E-state index is 0.556. The minimum Gasteiger partial charge on any atom is -0.380 e. The summed E-state index contributed by atoms with van der Waals surface area (Å²) >= 11 is 6.09. The minimum atomic E-state index is 0.556. The van der Waals surface area contributed by atoms with Crippen molar-refractivity contribution < 1.29 is 0 Å². The zero-order valence-electron chi connectivity index (χ0n) is 9.04. The quantitative estimate of drug-likeness (QED) is 0.828. The molecule has 0 bridgehead atoms. The molecule has 0 spiro atoms. The molecule has 15 heavy (non-hydrogen) atoms. The second kappa shape index (κ2) is 4.84. The van der Waals surface area contributed by atoms with E-state index in [0.29, 0.717) is 6.04 Å². The molecule has 1 fully saturated rings. The second-order valence-corrected chi connectivity index (χ2v) is 4.78. The lowest BCUT2D eigenvalue weighted by Crippen LogP contribution is -2.30. The van der Waals surface area contributed by atoms with Crippen LogP contribution < -0.4 is 5.32 Å². The van der Waals surface area contributed by atoms with Crippen molar-refractivity contribution in [2.24, 2.45) is 5.92 Å². The Morgan fingerprint density at radius 2 is 2.20 bits per heavy atom. The van der Waals surface area contributed by atoms with Crippen LogP contribution in [0.3, 0.4) is 0 Å². The zero-order valence-corrected chi connectivity index (χ0v) is 9.80. The molecule has 3 heteroatoms. The molecule has 2 atom stereocenters. The summed E-state index contributed by atoms with van der Waals surface area (Å²) in [7, 11) is 0. The molecule has 1 aliphatic rings. The summed E-state index contributed by atoms with van der Waals surface area (Å²) in [6.45, 7) is 2.31. The Morgan fingerprint density at radius 3 is 2.93 bits per heavy atom. The Balaban J connectivity index is 2.04. The number of pyridine rings is 1. The molecule has 2 unspecified atom stereocenters. The van der Waals surface area contributed by atoms with Crippen molar-refractivity contribution in [2.75, 3.05) is 5.32 Å². The molecule has 1 aliphatic carbocycles. The van der Waals surface area contributed by atoms with Gasteiger partial charge in [0.25, 0.3) is 0 Å². The number of hydrogen-bond donors (Lipinski definition) is 1. The van der Waals surface area contributed by atoms with Gasteiger partial charge in [-0.05, 0) is 24.8 Å². The topological polar surface area (TPSA) is 24.9 Å². The Labute approximate surface area is 96.1 Å². The van der Waals surface area contributed by atoms with E-state index in [4.69, 9.17) is 11.6 Å². The highest BCUT2D eigenvalue weighted by Gasteiger charge is 2.21. The fourth-order valence-electron chi connectivity index (χ4n) is 2.21. The number of anilines is 1. The van der Waals surface area contributed by atoms with Gasteiger partial charge in [-0.3, -0.25) is 4.98 Å². The number of rotatable bonds is 2. The largest absolute Gasteiger partial charge is 0.380 e. The van der Waals surface area contributed by atoms with E-state index < -0.39 is 0 Å². The van der Waals surface area contributed by atoms with Gasteiger partial charge in [-0.15, -0.1) is 0 Å². The normalized spacial score (nSPS) is 26.3. The third kappa shape index (κ3) is 2.63. The lowest BCUT2D eigenvalue weighted by atomic mass is 9.86. The van der Waals surface area contributed by atoms with E-state index in [-0.39, 0.29) is 0 Å². The summed E-state index contributed by atoms with van der Waals surface area (Å²) < 4.78 is 0. The molecular formula is C12H17ClN2. The Kier molecular flexibility index (Phi) is 3.47. The van der Waals surface area contributed by atoms with Gasteiger partial charge in [0.05, 0.1) is 16.9 Å². The molecular weight excluding hydrogens is 208 g/mol. The van der Waals surface area contributed by atoms with Crippen LogP contribution in [0.25, 0.3) is 0 Å². The first-order valence-electron chi connectivity index (χ1n) is 5.63. The van der Waals surface area contributed by atoms with Crippen LogP contribution in [0.15, 0.2) is 18.5 Å². The molecule has 1 aromatic heterocycles. The van der Waals surface area contributed by atoms with Crippen molar-refractivity contribution in [2.45, 2.75) is 38.6 Å². The van der Waals surface area contributed by atoms with Gasteiger partial charge >= 0.3 is 0 Å². The predicted molar refractivity (Wildman–Crippen MR) is 64.3 cm³/mol. The van der Waals surface area contributed by atoms with E-state index in [1.807, 2.05) is 12.3 Å². The molecule has 0 aliphatic heterocycles. The van der Waals surface area contributed by atoms with Crippen molar-refractivity contribution in [1.82, 2.24) is 4.98 Å². The molecule has 0 saturated heterocycles. The lowest BCUT2D eigenvalue weighted by Gasteiger charge is -2.30. The zero-order chi connectivity index (χ0) is 10.7. The van der Waals surface area contributed by atoms with E-state index in [1.54, 1.807) is 6.20 Å². The molecule has 0 aromatic carbocycles. The summed E-state index contributed by atoms with van der Waals surface area (Å²) in [5.41, 5.74) is 0.970. The Bertz CT molecular complexity index is 327. The van der Waals surface area contributed by atoms with Gasteiger partial charge in [0.15, 0.2) is 0 Å². The summed E-state index contributed by atoms with van der Waals surface area (Å²) in [5, 5.41) is 4.27. The maximum absolute atomic E-state index is 6.09. The van der Waals surface area contributed by atoms with Crippen molar-refractivity contribution >= 4 is 17.3 Å². The third-order valence-corrected chi connectivity index (χ3v) is 3.55. The van der Waals surface area contributed by atoms with Crippen molar-refractivity contribution in [3.05, 3.63) is 23.5 Å². The van der Waals surface area contributed by atoms with Crippen LogP contribution in [0, 0.1) is 5.92 Å². The first-order chi connectivity index (χ1) is 7.27. The van der Waals surface area contributed by atoms with Crippen molar-refractivity contribution in [3.63, 3.8) is 0 Å². The first kappa shape index (κ1) is 10.7. The maximum atomic E-state index is 6.09. The molecule has 1 aromatic rings. The summed E-state index contributed by atoms with van der Waals surface area (Å²) in [4.78, 5) is 4.09. The van der Waals surface area contributed by atoms with E-state index >= 15 is 0 Å². The van der Waals surface area contributed by atoms with Crippen LogP contribution in [0.1, 0.15) is 32.6 Å². The fourth-order valence-corrected chi connectivity index (χ4v) is 2.37. The first-order valence-corrected chi connectivity index (χ1v) is 6.01. The molecule has 82 valence electrons. The standard InChI is InChI=1S/C12H17ClN2/c1-9-4-2-3-5-11(9)15-12-8-14-7-6-10(12)13/h6-9,11,15H,2-5H2,1H3. The Hall–Kier alpha value is -0.760. The number of nitrogens with one attached hydrogen (secondary N) is 1. The summed E-state index contributed by atoms with van der Waals surface area (Å²) in [5.74, 6) is 0.732. The number of hydrogen-bond acceptors (Lipinski definition) is 2. The van der Waals surface area contributed by atoms with E-state index in [1.165, 1.54) is 25.7 Å². The molecule has 2 rings (SSSR count). The lowest BCUT2D eigenvalue weighted by molar-refractivity contribution is 0.349. The molecule has 1 N–H and O–H groups in total. The SMILES string of the molecule is CC1CCCCC1Nc1cnccc1Cl. The van der Waals surface area contributed by atoms with Crippen LogP contribution in [-0.4, -0.2) is 11.0 Å². The predicted octanol–water partition coefficient (Wildman–Crippen LogP) is 3.73. The number of aromatic nitrogens is 1. The van der Waals surface area contributed by atoms with E-state index in [9.17, 15) is 0 Å². The van der Waals surface area contributed by atoms with E-state index in [2.05, 4.69) is 17.2 Å². The maximum Gasteiger partial charge on any atom is 0.0718 e. The van der Waals surface area contributed by atoms with Gasteiger partial charge < -0.3 is 5.32 Å². The summed E-state index contributed by atoms with van der Waals surface area (Å²) in [6, 6.07) is 2.39. The fraction of sp³-hybridized carbons (Fsp3) is 0.583. The van der Waals surface area contributed by atoms with Crippen molar-refractivity contribution in [3.8, 4) is 0 Å². The third-order valence-electron chi connectivity index (χ3n) is 3.22. The molecule has 1 heterocycles. The molecule has 0 radical (unpaired) electrons. The number of nitrogens with zero attached hydrogens (tertiary/aromatic N) is 1. The average Bonchev–Trinajstić information content (AvgIpc) is 2.24. The van der Waals surface area contributed by atoms with E-state index in [0.717, 1.165) is 16.6 Å². The van der Waals surface area contributed by atoms with Crippen LogP contribution in [0.2, 0.25) is 5.02 Å². The second-order valence-electron chi connectivity index (χ2n) is 4.37. The summed E-state index contributed by atoms with van der Waals surface area (Å²) in [6.07, 6.45) is 8.77. The van der Waals surface area contributed by atoms with Gasteiger partial charge in [0, 0.05) is 12.2 Å². The highest BCUT2D eigenvalue weighted by atomic mass is 35.5. The number of halogens is 1. The Morgan fingerprint density at radius 1 is 1.40 bits per heavy atom. The molecule has 1 saturated carbocycles. The van der Waals surface area contributed by atoms with Crippen LogP contribution in [0.5, 0.6) is 0 Å². The van der Waals surface area contributed by atoms with Gasteiger partial charge in [-0.25, -0.2) is 0 Å². The van der Waals surface area contributed by atoms with Gasteiger partial charge in [-0.2, -0.15) is 0 Å². The average molecular weight is 225 g/mol. The van der Waals surface area contributed by atoms with Crippen molar-refractivity contribution in [1.29, 1.82) is 0 Å². The monoisotopic (exact) mass is 224 g/mol. The van der Waals surface area contributed by atoms with Gasteiger partial charge in [0.2, 0.25) is 0 Å². The highest BCUT2D eigenvalue weighted by Crippen LogP contribution is 2.28. The highest BCUT2D eigenvalue weighted by molar-refractivity contribution is 6.33. The van der Waals surface area contributed by atoms with Crippen LogP contribution >= 0.6 is 11.6 Å². The molecule has 2 nitrogen and oxygen atoms in total. The van der Waals surface area contributed by atoms with Crippen LogP contribution in [0.4, 0.5) is 5.69 Å².